The lowest BCUT2D eigenvalue weighted by Gasteiger charge is -2.24. The van der Waals surface area contributed by atoms with Crippen molar-refractivity contribution in [1.82, 2.24) is 5.32 Å². The van der Waals surface area contributed by atoms with Gasteiger partial charge in [-0.25, -0.2) is 0 Å². The molecule has 1 aliphatic rings. The average Bonchev–Trinajstić information content (AvgIpc) is 2.74. The third-order valence-electron chi connectivity index (χ3n) is 5.24. The molecule has 3 rings (SSSR count). The summed E-state index contributed by atoms with van der Waals surface area (Å²) in [5.41, 5.74) is 2.87. The monoisotopic (exact) mass is 460 g/mol. The van der Waals surface area contributed by atoms with Gasteiger partial charge in [-0.1, -0.05) is 52.9 Å². The maximum atomic E-state index is 12.4. The molecule has 1 aliphatic carbocycles. The number of benzene rings is 2. The third kappa shape index (κ3) is 6.21. The van der Waals surface area contributed by atoms with E-state index in [1.807, 2.05) is 43.3 Å². The quantitative estimate of drug-likeness (QED) is 0.567. The van der Waals surface area contributed by atoms with Crippen molar-refractivity contribution in [3.63, 3.8) is 0 Å². The van der Waals surface area contributed by atoms with Crippen molar-refractivity contribution in [2.75, 3.05) is 19.0 Å². The molecular weight excluding hydrogens is 432 g/mol. The van der Waals surface area contributed by atoms with Gasteiger partial charge in [-0.15, -0.1) is 0 Å². The van der Waals surface area contributed by atoms with E-state index in [1.54, 1.807) is 7.11 Å². The van der Waals surface area contributed by atoms with Gasteiger partial charge in [-0.2, -0.15) is 0 Å². The third-order valence-corrected chi connectivity index (χ3v) is 5.99. The van der Waals surface area contributed by atoms with E-state index < -0.39 is 0 Å². The molecule has 156 valence electrons. The normalized spacial score (nSPS) is 14.4. The summed E-state index contributed by atoms with van der Waals surface area (Å²) < 4.78 is 12.4. The van der Waals surface area contributed by atoms with Crippen LogP contribution in [0.1, 0.15) is 43.2 Å². The van der Waals surface area contributed by atoms with Crippen molar-refractivity contribution >= 4 is 27.5 Å². The highest BCUT2D eigenvalue weighted by Gasteiger charge is 2.19. The number of aryl methyl sites for hydroxylation is 1. The van der Waals surface area contributed by atoms with E-state index in [2.05, 4.69) is 26.6 Å². The molecule has 0 unspecified atom stereocenters. The summed E-state index contributed by atoms with van der Waals surface area (Å²) in [6, 6.07) is 12.0. The summed E-state index contributed by atoms with van der Waals surface area (Å²) in [5, 5.41) is 6.50. The molecule has 1 saturated carbocycles. The molecule has 2 N–H and O–H groups in total. The number of amides is 1. The highest BCUT2D eigenvalue weighted by molar-refractivity contribution is 9.10. The Morgan fingerprint density at radius 3 is 2.52 bits per heavy atom. The van der Waals surface area contributed by atoms with Crippen LogP contribution in [0.2, 0.25) is 0 Å². The number of nitrogens with one attached hydrogen (secondary N) is 2. The van der Waals surface area contributed by atoms with Gasteiger partial charge in [-0.05, 0) is 44.0 Å². The van der Waals surface area contributed by atoms with Crippen LogP contribution in [0.5, 0.6) is 11.5 Å². The number of rotatable bonds is 8. The van der Waals surface area contributed by atoms with Gasteiger partial charge in [0.2, 0.25) is 0 Å². The summed E-state index contributed by atoms with van der Waals surface area (Å²) in [6.07, 6.45) is 6.29. The van der Waals surface area contributed by atoms with E-state index in [9.17, 15) is 4.79 Å². The highest BCUT2D eigenvalue weighted by Crippen LogP contribution is 2.36. The Bertz CT molecular complexity index is 818. The zero-order valence-corrected chi connectivity index (χ0v) is 18.7. The number of carbonyl (C=O) groups is 1. The van der Waals surface area contributed by atoms with Crippen LogP contribution >= 0.6 is 15.9 Å². The summed E-state index contributed by atoms with van der Waals surface area (Å²) in [6.45, 7) is 2.59. The Morgan fingerprint density at radius 1 is 1.10 bits per heavy atom. The van der Waals surface area contributed by atoms with Crippen LogP contribution in [0.4, 0.5) is 5.69 Å². The number of hydrogen-bond donors (Lipinski definition) is 2. The Labute approximate surface area is 181 Å². The highest BCUT2D eigenvalue weighted by atomic mass is 79.9. The maximum absolute atomic E-state index is 12.4. The van der Waals surface area contributed by atoms with E-state index >= 15 is 0 Å². The lowest BCUT2D eigenvalue weighted by molar-refractivity contribution is -0.118. The SMILES string of the molecule is COc1ccc(Br)c(CNC2CCCCC2)c1OCC(=O)Nc1ccc(C)cc1. The first-order valence-electron chi connectivity index (χ1n) is 10.1. The maximum Gasteiger partial charge on any atom is 0.262 e. The number of hydrogen-bond acceptors (Lipinski definition) is 4. The molecule has 1 amide bonds. The minimum absolute atomic E-state index is 0.0862. The van der Waals surface area contributed by atoms with Crippen molar-refractivity contribution in [1.29, 1.82) is 0 Å². The number of carbonyl (C=O) groups excluding carboxylic acids is 1. The van der Waals surface area contributed by atoms with Crippen LogP contribution in [0.3, 0.4) is 0 Å². The number of ether oxygens (including phenoxy) is 2. The molecule has 2 aromatic carbocycles. The van der Waals surface area contributed by atoms with Gasteiger partial charge in [0.15, 0.2) is 18.1 Å². The Balaban J connectivity index is 1.66. The standard InChI is InChI=1S/C23H29BrN2O3/c1-16-8-10-18(11-9-16)26-22(27)15-29-23-19(20(24)12-13-21(23)28-2)14-25-17-6-4-3-5-7-17/h8-13,17,25H,3-7,14-15H2,1-2H3,(H,26,27). The summed E-state index contributed by atoms with van der Waals surface area (Å²) in [4.78, 5) is 12.4. The van der Waals surface area contributed by atoms with Crippen LogP contribution in [0.25, 0.3) is 0 Å². The first-order valence-corrected chi connectivity index (χ1v) is 10.9. The number of methoxy groups -OCH3 is 1. The van der Waals surface area contributed by atoms with Crippen LogP contribution in [-0.4, -0.2) is 25.7 Å². The van der Waals surface area contributed by atoms with Crippen LogP contribution < -0.4 is 20.1 Å². The van der Waals surface area contributed by atoms with E-state index in [1.165, 1.54) is 32.1 Å². The zero-order chi connectivity index (χ0) is 20.6. The Morgan fingerprint density at radius 2 is 1.83 bits per heavy atom. The summed E-state index contributed by atoms with van der Waals surface area (Å²) >= 11 is 3.63. The van der Waals surface area contributed by atoms with Gasteiger partial charge < -0.3 is 20.1 Å². The van der Waals surface area contributed by atoms with Gasteiger partial charge in [0.1, 0.15) is 0 Å². The largest absolute Gasteiger partial charge is 0.493 e. The van der Waals surface area contributed by atoms with E-state index in [0.717, 1.165) is 21.3 Å². The number of halogens is 1. The Kier molecular flexibility index (Phi) is 7.95. The molecule has 0 atom stereocenters. The van der Waals surface area contributed by atoms with Crippen LogP contribution in [-0.2, 0) is 11.3 Å². The van der Waals surface area contributed by atoms with E-state index in [-0.39, 0.29) is 12.5 Å². The second-order valence-corrected chi connectivity index (χ2v) is 8.33. The van der Waals surface area contributed by atoms with Gasteiger partial charge >= 0.3 is 0 Å². The topological polar surface area (TPSA) is 59.6 Å². The molecule has 2 aromatic rings. The molecule has 0 bridgehead atoms. The van der Waals surface area contributed by atoms with Crippen molar-refractivity contribution in [2.24, 2.45) is 0 Å². The smallest absolute Gasteiger partial charge is 0.262 e. The molecule has 6 heteroatoms. The van der Waals surface area contributed by atoms with Gasteiger partial charge in [-0.3, -0.25) is 4.79 Å². The predicted molar refractivity (Wildman–Crippen MR) is 120 cm³/mol. The fourth-order valence-electron chi connectivity index (χ4n) is 3.59. The molecule has 0 radical (unpaired) electrons. The minimum atomic E-state index is -0.206. The Hall–Kier alpha value is -2.05. The molecule has 0 spiro atoms. The lowest BCUT2D eigenvalue weighted by Crippen LogP contribution is -2.31. The van der Waals surface area contributed by atoms with E-state index in [0.29, 0.717) is 24.1 Å². The molecule has 0 saturated heterocycles. The molecule has 5 nitrogen and oxygen atoms in total. The first kappa shape index (κ1) is 21.7. The van der Waals surface area contributed by atoms with Crippen molar-refractivity contribution in [2.45, 2.75) is 51.6 Å². The second-order valence-electron chi connectivity index (χ2n) is 7.48. The molecule has 0 aliphatic heterocycles. The summed E-state index contributed by atoms with van der Waals surface area (Å²) in [7, 11) is 1.61. The molecule has 0 heterocycles. The first-order chi connectivity index (χ1) is 14.1. The fraction of sp³-hybridized carbons (Fsp3) is 0.435. The van der Waals surface area contributed by atoms with Gasteiger partial charge in [0.25, 0.3) is 5.91 Å². The number of anilines is 1. The lowest BCUT2D eigenvalue weighted by atomic mass is 9.95. The molecular formula is C23H29BrN2O3. The zero-order valence-electron chi connectivity index (χ0n) is 17.1. The van der Waals surface area contributed by atoms with Gasteiger partial charge in [0, 0.05) is 28.3 Å². The van der Waals surface area contributed by atoms with Crippen LogP contribution in [0.15, 0.2) is 40.9 Å². The summed E-state index contributed by atoms with van der Waals surface area (Å²) in [5.74, 6) is 1.02. The van der Waals surface area contributed by atoms with Gasteiger partial charge in [0.05, 0.1) is 7.11 Å². The predicted octanol–water partition coefficient (Wildman–Crippen LogP) is 5.21. The average molecular weight is 461 g/mol. The minimum Gasteiger partial charge on any atom is -0.493 e. The van der Waals surface area contributed by atoms with Crippen molar-refractivity contribution in [3.05, 3.63) is 52.0 Å². The van der Waals surface area contributed by atoms with Crippen molar-refractivity contribution < 1.29 is 14.3 Å². The molecule has 1 fully saturated rings. The second kappa shape index (κ2) is 10.6. The van der Waals surface area contributed by atoms with Crippen LogP contribution in [0, 0.1) is 6.92 Å². The van der Waals surface area contributed by atoms with E-state index in [4.69, 9.17) is 9.47 Å². The molecule has 0 aromatic heterocycles. The fourth-order valence-corrected chi connectivity index (χ4v) is 4.04. The van der Waals surface area contributed by atoms with Crippen molar-refractivity contribution in [3.8, 4) is 11.5 Å². The molecule has 29 heavy (non-hydrogen) atoms.